The Kier molecular flexibility index (Phi) is 2.53. The molecule has 2 aromatic heterocycles. The quantitative estimate of drug-likeness (QED) is 0.785. The summed E-state index contributed by atoms with van der Waals surface area (Å²) in [4.78, 5) is 11.7. The molecule has 0 atom stereocenters. The van der Waals surface area contributed by atoms with Crippen molar-refractivity contribution in [3.63, 3.8) is 0 Å². The molecular formula is C15H17N3O. The van der Waals surface area contributed by atoms with Crippen molar-refractivity contribution < 1.29 is 4.74 Å². The molecule has 19 heavy (non-hydrogen) atoms. The van der Waals surface area contributed by atoms with Crippen molar-refractivity contribution in [2.45, 2.75) is 25.7 Å². The molecule has 0 unspecified atom stereocenters. The highest BCUT2D eigenvalue weighted by molar-refractivity contribution is 5.92. The minimum atomic E-state index is 0.746. The van der Waals surface area contributed by atoms with Crippen molar-refractivity contribution in [3.05, 3.63) is 23.9 Å². The average molecular weight is 255 g/mol. The Hall–Kier alpha value is -1.84. The summed E-state index contributed by atoms with van der Waals surface area (Å²) in [5.41, 5.74) is 2.26. The number of pyridine rings is 2. The molecule has 0 aromatic carbocycles. The number of aromatic nitrogens is 2. The Morgan fingerprint density at radius 3 is 2.95 bits per heavy atom. The van der Waals surface area contributed by atoms with Gasteiger partial charge in [0, 0.05) is 36.7 Å². The maximum Gasteiger partial charge on any atom is 0.219 e. The first kappa shape index (κ1) is 11.0. The third-order valence-corrected chi connectivity index (χ3v) is 4.06. The van der Waals surface area contributed by atoms with Gasteiger partial charge in [0.2, 0.25) is 5.88 Å². The fraction of sp³-hybridized carbons (Fsp3) is 0.467. The van der Waals surface area contributed by atoms with Crippen molar-refractivity contribution in [1.29, 1.82) is 0 Å². The lowest BCUT2D eigenvalue weighted by Gasteiger charge is -2.28. The molecule has 2 aliphatic rings. The topological polar surface area (TPSA) is 38.2 Å². The SMILES string of the molecule is c1cnc2c(N3CCCCC3)nc3c(c2c1)CCO3. The summed E-state index contributed by atoms with van der Waals surface area (Å²) in [5.74, 6) is 1.83. The lowest BCUT2D eigenvalue weighted by Crippen LogP contribution is -2.30. The number of hydrogen-bond donors (Lipinski definition) is 0. The van der Waals surface area contributed by atoms with E-state index in [1.54, 1.807) is 0 Å². The first-order valence-electron chi connectivity index (χ1n) is 7.09. The summed E-state index contributed by atoms with van der Waals surface area (Å²) in [6.45, 7) is 2.91. The van der Waals surface area contributed by atoms with Crippen LogP contribution >= 0.6 is 0 Å². The predicted molar refractivity (Wildman–Crippen MR) is 74.8 cm³/mol. The Balaban J connectivity index is 1.92. The summed E-state index contributed by atoms with van der Waals surface area (Å²) in [5, 5.41) is 1.21. The highest BCUT2D eigenvalue weighted by Crippen LogP contribution is 2.35. The van der Waals surface area contributed by atoms with Gasteiger partial charge in [0.1, 0.15) is 5.52 Å². The fourth-order valence-electron chi connectivity index (χ4n) is 3.10. The summed E-state index contributed by atoms with van der Waals surface area (Å²) in [6, 6.07) is 4.14. The van der Waals surface area contributed by atoms with Gasteiger partial charge in [-0.15, -0.1) is 0 Å². The van der Waals surface area contributed by atoms with Crippen LogP contribution in [0, 0.1) is 0 Å². The predicted octanol–water partition coefficient (Wildman–Crippen LogP) is 2.56. The number of fused-ring (bicyclic) bond motifs is 3. The van der Waals surface area contributed by atoms with E-state index in [1.807, 2.05) is 12.3 Å². The Bertz CT molecular complexity index is 620. The largest absolute Gasteiger partial charge is 0.477 e. The number of nitrogens with zero attached hydrogens (tertiary/aromatic N) is 3. The summed E-state index contributed by atoms with van der Waals surface area (Å²) in [6.07, 6.45) is 6.62. The smallest absolute Gasteiger partial charge is 0.219 e. The zero-order chi connectivity index (χ0) is 12.7. The fourth-order valence-corrected chi connectivity index (χ4v) is 3.10. The second-order valence-electron chi connectivity index (χ2n) is 5.26. The van der Waals surface area contributed by atoms with E-state index in [1.165, 1.54) is 30.2 Å². The molecule has 0 bridgehead atoms. The summed E-state index contributed by atoms with van der Waals surface area (Å²) < 4.78 is 5.67. The van der Waals surface area contributed by atoms with Crippen molar-refractivity contribution in [1.82, 2.24) is 9.97 Å². The number of hydrogen-bond acceptors (Lipinski definition) is 4. The van der Waals surface area contributed by atoms with Crippen molar-refractivity contribution in [2.24, 2.45) is 0 Å². The second-order valence-corrected chi connectivity index (χ2v) is 5.26. The van der Waals surface area contributed by atoms with Gasteiger partial charge in [-0.3, -0.25) is 4.98 Å². The van der Waals surface area contributed by atoms with Crippen LogP contribution in [-0.4, -0.2) is 29.7 Å². The lowest BCUT2D eigenvalue weighted by molar-refractivity contribution is 0.345. The van der Waals surface area contributed by atoms with Crippen LogP contribution in [0.5, 0.6) is 5.88 Å². The molecule has 1 saturated heterocycles. The number of piperidine rings is 1. The molecule has 0 saturated carbocycles. The summed E-state index contributed by atoms with van der Waals surface area (Å²) in [7, 11) is 0. The molecule has 4 nitrogen and oxygen atoms in total. The maximum absolute atomic E-state index is 5.67. The van der Waals surface area contributed by atoms with Crippen LogP contribution in [-0.2, 0) is 6.42 Å². The molecule has 0 radical (unpaired) electrons. The molecule has 0 N–H and O–H groups in total. The van der Waals surface area contributed by atoms with E-state index in [4.69, 9.17) is 9.72 Å². The third-order valence-electron chi connectivity index (χ3n) is 4.06. The summed E-state index contributed by atoms with van der Waals surface area (Å²) >= 11 is 0. The van der Waals surface area contributed by atoms with E-state index in [9.17, 15) is 0 Å². The van der Waals surface area contributed by atoms with E-state index in [2.05, 4.69) is 16.0 Å². The van der Waals surface area contributed by atoms with Crippen LogP contribution in [0.4, 0.5) is 5.82 Å². The van der Waals surface area contributed by atoms with Crippen molar-refractivity contribution in [2.75, 3.05) is 24.6 Å². The number of rotatable bonds is 1. The van der Waals surface area contributed by atoms with Crippen LogP contribution in [0.15, 0.2) is 18.3 Å². The lowest BCUT2D eigenvalue weighted by atomic mass is 10.1. The molecule has 4 heterocycles. The van der Waals surface area contributed by atoms with Gasteiger partial charge < -0.3 is 9.64 Å². The average Bonchev–Trinajstić information content (AvgIpc) is 2.96. The van der Waals surface area contributed by atoms with Gasteiger partial charge >= 0.3 is 0 Å². The third kappa shape index (κ3) is 1.74. The van der Waals surface area contributed by atoms with E-state index in [0.29, 0.717) is 0 Å². The van der Waals surface area contributed by atoms with Gasteiger partial charge in [0.05, 0.1) is 6.61 Å². The zero-order valence-electron chi connectivity index (χ0n) is 10.9. The molecule has 2 aromatic rings. The van der Waals surface area contributed by atoms with Crippen molar-refractivity contribution in [3.8, 4) is 5.88 Å². The molecular weight excluding hydrogens is 238 g/mol. The Labute approximate surface area is 112 Å². The van der Waals surface area contributed by atoms with Gasteiger partial charge in [-0.1, -0.05) is 6.07 Å². The van der Waals surface area contributed by atoms with Crippen LogP contribution in [0.25, 0.3) is 10.9 Å². The number of anilines is 1. The Morgan fingerprint density at radius 1 is 1.16 bits per heavy atom. The van der Waals surface area contributed by atoms with E-state index < -0.39 is 0 Å². The zero-order valence-corrected chi connectivity index (χ0v) is 10.9. The van der Waals surface area contributed by atoms with E-state index in [0.717, 1.165) is 43.3 Å². The molecule has 4 rings (SSSR count). The van der Waals surface area contributed by atoms with Gasteiger partial charge in [0.15, 0.2) is 5.82 Å². The first-order valence-corrected chi connectivity index (χ1v) is 7.09. The molecule has 4 heteroatoms. The Morgan fingerprint density at radius 2 is 2.05 bits per heavy atom. The van der Waals surface area contributed by atoms with Gasteiger partial charge in [0.25, 0.3) is 0 Å². The molecule has 98 valence electrons. The number of ether oxygens (including phenoxy) is 1. The van der Waals surface area contributed by atoms with E-state index >= 15 is 0 Å². The van der Waals surface area contributed by atoms with Gasteiger partial charge in [-0.25, -0.2) is 0 Å². The molecule has 2 aliphatic heterocycles. The van der Waals surface area contributed by atoms with E-state index in [-0.39, 0.29) is 0 Å². The van der Waals surface area contributed by atoms with Crippen LogP contribution < -0.4 is 9.64 Å². The van der Waals surface area contributed by atoms with Gasteiger partial charge in [-0.2, -0.15) is 4.98 Å². The molecule has 0 amide bonds. The molecule has 1 fully saturated rings. The monoisotopic (exact) mass is 255 g/mol. The molecule has 0 spiro atoms. The van der Waals surface area contributed by atoms with Crippen LogP contribution in [0.1, 0.15) is 24.8 Å². The van der Waals surface area contributed by atoms with Gasteiger partial charge in [-0.05, 0) is 25.3 Å². The van der Waals surface area contributed by atoms with Crippen molar-refractivity contribution >= 4 is 16.7 Å². The van der Waals surface area contributed by atoms with Crippen LogP contribution in [0.3, 0.4) is 0 Å². The maximum atomic E-state index is 5.67. The highest BCUT2D eigenvalue weighted by Gasteiger charge is 2.23. The van der Waals surface area contributed by atoms with Crippen LogP contribution in [0.2, 0.25) is 0 Å². The standard InChI is InChI=1S/C15H17N3O/c1-2-8-18(9-3-1)14-13-11(5-4-7-16-13)12-6-10-19-15(12)17-14/h4-5,7H,1-3,6,8-10H2. The highest BCUT2D eigenvalue weighted by atomic mass is 16.5. The minimum Gasteiger partial charge on any atom is -0.477 e. The minimum absolute atomic E-state index is 0.746. The normalized spacial score (nSPS) is 18.4. The second kappa shape index (κ2) is 4.37. The molecule has 0 aliphatic carbocycles. The first-order chi connectivity index (χ1) is 9.43.